The average Bonchev–Trinajstić information content (AvgIpc) is 2.75. The van der Waals surface area contributed by atoms with Gasteiger partial charge in [-0.1, -0.05) is 29.3 Å². The number of halogens is 2. The molecule has 1 N–H and O–H groups in total. The number of carbonyl (C=O) groups is 1. The molecule has 1 aliphatic rings. The van der Waals surface area contributed by atoms with Crippen LogP contribution in [0.3, 0.4) is 0 Å². The van der Waals surface area contributed by atoms with Gasteiger partial charge in [-0.2, -0.15) is 4.31 Å². The van der Waals surface area contributed by atoms with Crippen molar-refractivity contribution < 1.29 is 22.9 Å². The number of carbonyl (C=O) groups excluding carboxylic acids is 1. The Morgan fingerprint density at radius 2 is 1.81 bits per heavy atom. The van der Waals surface area contributed by atoms with Crippen molar-refractivity contribution in [1.82, 2.24) is 4.31 Å². The van der Waals surface area contributed by atoms with Crippen LogP contribution in [-0.2, 0) is 19.6 Å². The third-order valence-electron chi connectivity index (χ3n) is 4.38. The van der Waals surface area contributed by atoms with Crippen molar-refractivity contribution >= 4 is 56.6 Å². The summed E-state index contributed by atoms with van der Waals surface area (Å²) in [4.78, 5) is 22.5. The van der Waals surface area contributed by atoms with Gasteiger partial charge < -0.3 is 10.1 Å². The molecule has 0 saturated carbocycles. The van der Waals surface area contributed by atoms with Crippen molar-refractivity contribution in [3.8, 4) is 0 Å². The highest BCUT2D eigenvalue weighted by molar-refractivity contribution is 7.89. The second-order valence-corrected chi connectivity index (χ2v) is 9.17. The Labute approximate surface area is 188 Å². The van der Waals surface area contributed by atoms with Crippen molar-refractivity contribution in [3.05, 3.63) is 68.2 Å². The Morgan fingerprint density at radius 1 is 1.13 bits per heavy atom. The van der Waals surface area contributed by atoms with Gasteiger partial charge in [0, 0.05) is 30.9 Å². The van der Waals surface area contributed by atoms with Gasteiger partial charge in [0.25, 0.3) is 5.69 Å². The first-order chi connectivity index (χ1) is 14.7. The Hall–Kier alpha value is -2.50. The van der Waals surface area contributed by atoms with E-state index in [1.54, 1.807) is 0 Å². The summed E-state index contributed by atoms with van der Waals surface area (Å²) in [6.45, 7) is 1.01. The maximum absolute atomic E-state index is 12.9. The zero-order valence-corrected chi connectivity index (χ0v) is 18.3. The molecule has 0 aromatic heterocycles. The summed E-state index contributed by atoms with van der Waals surface area (Å²) in [5, 5.41) is 13.5. The number of nitrogens with one attached hydrogen (secondary N) is 1. The summed E-state index contributed by atoms with van der Waals surface area (Å²) in [5.74, 6) is -0.561. The molecule has 0 spiro atoms. The smallest absolute Gasteiger partial charge is 0.288 e. The SMILES string of the molecule is O=C(C=Cc1ccc(Cl)c([N+](=O)[O-])c1)Nc1ccc(Cl)c(S(=O)(=O)N2CCOCC2)c1. The van der Waals surface area contributed by atoms with E-state index < -0.39 is 20.9 Å². The lowest BCUT2D eigenvalue weighted by Crippen LogP contribution is -2.40. The van der Waals surface area contributed by atoms with Gasteiger partial charge in [-0.15, -0.1) is 0 Å². The number of amides is 1. The number of morpholine rings is 1. The highest BCUT2D eigenvalue weighted by Crippen LogP contribution is 2.29. The van der Waals surface area contributed by atoms with Crippen molar-refractivity contribution in [2.75, 3.05) is 31.6 Å². The summed E-state index contributed by atoms with van der Waals surface area (Å²) in [6.07, 6.45) is 2.54. The fourth-order valence-corrected chi connectivity index (χ4v) is 4.93. The van der Waals surface area contributed by atoms with E-state index >= 15 is 0 Å². The van der Waals surface area contributed by atoms with E-state index in [4.69, 9.17) is 27.9 Å². The zero-order valence-electron chi connectivity index (χ0n) is 16.0. The van der Waals surface area contributed by atoms with Crippen LogP contribution in [0.1, 0.15) is 5.56 Å². The van der Waals surface area contributed by atoms with E-state index in [9.17, 15) is 23.3 Å². The number of nitrogens with zero attached hydrogens (tertiary/aromatic N) is 2. The van der Waals surface area contributed by atoms with Crippen molar-refractivity contribution in [2.45, 2.75) is 4.90 Å². The summed E-state index contributed by atoms with van der Waals surface area (Å²) in [5.41, 5.74) is 0.353. The molecule has 1 fully saturated rings. The molecule has 1 saturated heterocycles. The number of nitro groups is 1. The Bertz CT molecular complexity index is 1150. The van der Waals surface area contributed by atoms with Crippen LogP contribution in [0, 0.1) is 10.1 Å². The van der Waals surface area contributed by atoms with Crippen LogP contribution < -0.4 is 5.32 Å². The topological polar surface area (TPSA) is 119 Å². The van der Waals surface area contributed by atoms with Crippen LogP contribution in [-0.4, -0.2) is 49.9 Å². The molecule has 12 heteroatoms. The molecular weight excluding hydrogens is 469 g/mol. The highest BCUT2D eigenvalue weighted by Gasteiger charge is 2.28. The summed E-state index contributed by atoms with van der Waals surface area (Å²) in [7, 11) is -3.85. The number of anilines is 1. The fourth-order valence-electron chi connectivity index (χ4n) is 2.83. The van der Waals surface area contributed by atoms with E-state index in [0.29, 0.717) is 18.8 Å². The van der Waals surface area contributed by atoms with E-state index in [-0.39, 0.29) is 39.4 Å². The molecule has 1 amide bonds. The molecule has 2 aromatic carbocycles. The standard InChI is InChI=1S/C19H17Cl2N3O6S/c20-15-4-1-13(11-17(15)24(26)27)2-6-19(25)22-14-3-5-16(21)18(12-14)31(28,29)23-7-9-30-10-8-23/h1-6,11-12H,7-10H2,(H,22,25). The molecule has 3 rings (SSSR count). The molecule has 1 aliphatic heterocycles. The highest BCUT2D eigenvalue weighted by atomic mass is 35.5. The molecule has 1 heterocycles. The van der Waals surface area contributed by atoms with Gasteiger partial charge in [-0.05, 0) is 35.9 Å². The Morgan fingerprint density at radius 3 is 2.48 bits per heavy atom. The predicted octanol–water partition coefficient (Wildman–Crippen LogP) is 3.57. The van der Waals surface area contributed by atoms with Crippen LogP contribution in [0.2, 0.25) is 10.0 Å². The van der Waals surface area contributed by atoms with Gasteiger partial charge in [-0.25, -0.2) is 8.42 Å². The summed E-state index contributed by atoms with van der Waals surface area (Å²) in [6, 6.07) is 8.26. The summed E-state index contributed by atoms with van der Waals surface area (Å²) >= 11 is 11.9. The third-order valence-corrected chi connectivity index (χ3v) is 7.08. The van der Waals surface area contributed by atoms with Gasteiger partial charge in [0.2, 0.25) is 15.9 Å². The van der Waals surface area contributed by atoms with Crippen LogP contribution in [0.25, 0.3) is 6.08 Å². The molecular formula is C19H17Cl2N3O6S. The van der Waals surface area contributed by atoms with Crippen molar-refractivity contribution in [2.24, 2.45) is 0 Å². The number of sulfonamides is 1. The average molecular weight is 486 g/mol. The van der Waals surface area contributed by atoms with Crippen molar-refractivity contribution in [3.63, 3.8) is 0 Å². The van der Waals surface area contributed by atoms with Crippen LogP contribution in [0.4, 0.5) is 11.4 Å². The van der Waals surface area contributed by atoms with E-state index in [1.807, 2.05) is 0 Å². The molecule has 0 aliphatic carbocycles. The maximum Gasteiger partial charge on any atom is 0.288 e. The first kappa shape index (κ1) is 23.2. The van der Waals surface area contributed by atoms with Gasteiger partial charge in [0.15, 0.2) is 0 Å². The van der Waals surface area contributed by atoms with Crippen LogP contribution >= 0.6 is 23.2 Å². The normalized spacial score (nSPS) is 15.2. The minimum absolute atomic E-state index is 0.0122. The number of rotatable bonds is 6. The molecule has 0 radical (unpaired) electrons. The molecule has 9 nitrogen and oxygen atoms in total. The lowest BCUT2D eigenvalue weighted by molar-refractivity contribution is -0.384. The molecule has 0 atom stereocenters. The van der Waals surface area contributed by atoms with Gasteiger partial charge >= 0.3 is 0 Å². The quantitative estimate of drug-likeness (QED) is 0.379. The molecule has 164 valence electrons. The zero-order chi connectivity index (χ0) is 22.6. The Balaban J connectivity index is 1.76. The predicted molar refractivity (Wildman–Crippen MR) is 117 cm³/mol. The first-order valence-electron chi connectivity index (χ1n) is 8.99. The van der Waals surface area contributed by atoms with Gasteiger partial charge in [0.05, 0.1) is 23.2 Å². The monoisotopic (exact) mass is 485 g/mol. The Kier molecular flexibility index (Phi) is 7.29. The number of hydrogen-bond acceptors (Lipinski definition) is 6. The summed E-state index contributed by atoms with van der Waals surface area (Å²) < 4.78 is 32.2. The largest absolute Gasteiger partial charge is 0.379 e. The molecule has 0 unspecified atom stereocenters. The minimum atomic E-state index is -3.85. The van der Waals surface area contributed by atoms with E-state index in [1.165, 1.54) is 46.8 Å². The van der Waals surface area contributed by atoms with Gasteiger partial charge in [-0.3, -0.25) is 14.9 Å². The third kappa shape index (κ3) is 5.60. The van der Waals surface area contributed by atoms with E-state index in [0.717, 1.165) is 6.08 Å². The van der Waals surface area contributed by atoms with Crippen molar-refractivity contribution in [1.29, 1.82) is 0 Å². The second kappa shape index (κ2) is 9.75. The number of benzene rings is 2. The van der Waals surface area contributed by atoms with Crippen LogP contribution in [0.5, 0.6) is 0 Å². The second-order valence-electron chi connectivity index (χ2n) is 6.45. The fraction of sp³-hybridized carbons (Fsp3) is 0.211. The number of hydrogen-bond donors (Lipinski definition) is 1. The molecule has 0 bridgehead atoms. The van der Waals surface area contributed by atoms with E-state index in [2.05, 4.69) is 5.32 Å². The number of ether oxygens (including phenoxy) is 1. The lowest BCUT2D eigenvalue weighted by atomic mass is 10.2. The van der Waals surface area contributed by atoms with Gasteiger partial charge in [0.1, 0.15) is 9.92 Å². The molecule has 31 heavy (non-hydrogen) atoms. The van der Waals surface area contributed by atoms with Crippen LogP contribution in [0.15, 0.2) is 47.4 Å². The minimum Gasteiger partial charge on any atom is -0.379 e. The first-order valence-corrected chi connectivity index (χ1v) is 11.2. The lowest BCUT2D eigenvalue weighted by Gasteiger charge is -2.26. The number of nitro benzene ring substituents is 1. The maximum atomic E-state index is 12.9. The molecule has 2 aromatic rings.